The van der Waals surface area contributed by atoms with Crippen LogP contribution in [0.1, 0.15) is 11.1 Å². The smallest absolute Gasteiger partial charge is 0.0409 e. The van der Waals surface area contributed by atoms with Crippen LogP contribution >= 0.6 is 23.4 Å². The number of thioether (sulfide) groups is 1. The third-order valence-electron chi connectivity index (χ3n) is 2.61. The highest BCUT2D eigenvalue weighted by atomic mass is 35.5. The second kappa shape index (κ2) is 5.48. The van der Waals surface area contributed by atoms with Crippen molar-refractivity contribution >= 4 is 29.1 Å². The topological polar surface area (TPSA) is 26.0 Å². The summed E-state index contributed by atoms with van der Waals surface area (Å²) >= 11 is 7.74. The molecule has 0 bridgehead atoms. The summed E-state index contributed by atoms with van der Waals surface area (Å²) < 4.78 is 0. The molecule has 0 unspecified atom stereocenters. The summed E-state index contributed by atoms with van der Waals surface area (Å²) in [7, 11) is 0. The van der Waals surface area contributed by atoms with Crippen LogP contribution < -0.4 is 5.73 Å². The maximum absolute atomic E-state index is 5.95. The number of halogens is 1. The molecule has 1 nitrogen and oxygen atoms in total. The van der Waals surface area contributed by atoms with Gasteiger partial charge in [-0.25, -0.2) is 0 Å². The van der Waals surface area contributed by atoms with Crippen molar-refractivity contribution in [2.45, 2.75) is 17.6 Å². The number of rotatable bonds is 3. The number of benzene rings is 2. The van der Waals surface area contributed by atoms with Crippen LogP contribution in [0, 0.1) is 6.92 Å². The van der Waals surface area contributed by atoms with Crippen LogP contribution in [0.4, 0.5) is 5.69 Å². The molecule has 0 atom stereocenters. The minimum absolute atomic E-state index is 0.785. The predicted molar refractivity (Wildman–Crippen MR) is 76.6 cm³/mol. The van der Waals surface area contributed by atoms with Crippen molar-refractivity contribution in [1.29, 1.82) is 0 Å². The molecular weight excluding hydrogens is 250 g/mol. The van der Waals surface area contributed by atoms with Gasteiger partial charge < -0.3 is 5.73 Å². The normalized spacial score (nSPS) is 10.5. The van der Waals surface area contributed by atoms with Crippen LogP contribution in [0.5, 0.6) is 0 Å². The van der Waals surface area contributed by atoms with Gasteiger partial charge >= 0.3 is 0 Å². The first kappa shape index (κ1) is 12.3. The number of hydrogen-bond acceptors (Lipinski definition) is 2. The van der Waals surface area contributed by atoms with Crippen molar-refractivity contribution in [2.75, 3.05) is 5.73 Å². The Kier molecular flexibility index (Phi) is 3.97. The molecule has 88 valence electrons. The second-order valence-corrected chi connectivity index (χ2v) is 5.34. The zero-order chi connectivity index (χ0) is 12.3. The van der Waals surface area contributed by atoms with Crippen molar-refractivity contribution in [1.82, 2.24) is 0 Å². The Hall–Kier alpha value is -1.12. The fourth-order valence-corrected chi connectivity index (χ4v) is 2.80. The molecule has 3 heteroatoms. The van der Waals surface area contributed by atoms with E-state index in [-0.39, 0.29) is 0 Å². The summed E-state index contributed by atoms with van der Waals surface area (Å²) in [5.41, 5.74) is 9.11. The van der Waals surface area contributed by atoms with Crippen LogP contribution in [0.15, 0.2) is 47.4 Å². The Morgan fingerprint density at radius 3 is 2.71 bits per heavy atom. The van der Waals surface area contributed by atoms with Gasteiger partial charge in [0.05, 0.1) is 0 Å². The standard InChI is InChI=1S/C14H14ClNS/c1-10-13(16)6-3-7-14(10)17-9-11-4-2-5-12(15)8-11/h2-8H,9,16H2,1H3. The summed E-state index contributed by atoms with van der Waals surface area (Å²) in [6.07, 6.45) is 0. The minimum atomic E-state index is 0.785. The fraction of sp³-hybridized carbons (Fsp3) is 0.143. The van der Waals surface area contributed by atoms with Gasteiger partial charge in [-0.3, -0.25) is 0 Å². The third kappa shape index (κ3) is 3.18. The lowest BCUT2D eigenvalue weighted by Crippen LogP contribution is -1.91. The fourth-order valence-electron chi connectivity index (χ4n) is 1.58. The number of nitrogen functional groups attached to an aromatic ring is 1. The van der Waals surface area contributed by atoms with E-state index in [2.05, 4.69) is 19.1 Å². The van der Waals surface area contributed by atoms with E-state index in [1.807, 2.05) is 30.3 Å². The Bertz CT molecular complexity index is 525. The Labute approximate surface area is 111 Å². The Morgan fingerprint density at radius 2 is 1.94 bits per heavy atom. The molecule has 0 aromatic heterocycles. The van der Waals surface area contributed by atoms with Crippen molar-refractivity contribution in [3.8, 4) is 0 Å². The summed E-state index contributed by atoms with van der Waals surface area (Å²) in [5, 5.41) is 0.785. The predicted octanol–water partition coefficient (Wildman–Crippen LogP) is 4.52. The van der Waals surface area contributed by atoms with E-state index in [1.165, 1.54) is 10.5 Å². The maximum Gasteiger partial charge on any atom is 0.0409 e. The average Bonchev–Trinajstić information content (AvgIpc) is 2.31. The molecule has 2 aromatic rings. The van der Waals surface area contributed by atoms with Gasteiger partial charge in [-0.2, -0.15) is 0 Å². The number of anilines is 1. The highest BCUT2D eigenvalue weighted by Crippen LogP contribution is 2.29. The molecule has 0 radical (unpaired) electrons. The molecule has 2 rings (SSSR count). The van der Waals surface area contributed by atoms with Gasteiger partial charge in [0, 0.05) is 21.4 Å². The summed E-state index contributed by atoms with van der Waals surface area (Å²) in [6.45, 7) is 2.05. The van der Waals surface area contributed by atoms with Crippen LogP contribution in [-0.4, -0.2) is 0 Å². The van der Waals surface area contributed by atoms with Gasteiger partial charge in [0.25, 0.3) is 0 Å². The largest absolute Gasteiger partial charge is 0.398 e. The van der Waals surface area contributed by atoms with Gasteiger partial charge in [0.15, 0.2) is 0 Å². The van der Waals surface area contributed by atoms with E-state index in [0.717, 1.165) is 22.0 Å². The first-order valence-electron chi connectivity index (χ1n) is 5.39. The van der Waals surface area contributed by atoms with Crippen LogP contribution in [-0.2, 0) is 5.75 Å². The zero-order valence-corrected chi connectivity index (χ0v) is 11.2. The lowest BCUT2D eigenvalue weighted by atomic mass is 10.2. The molecule has 0 amide bonds. The van der Waals surface area contributed by atoms with Gasteiger partial charge in [-0.1, -0.05) is 29.8 Å². The highest BCUT2D eigenvalue weighted by Gasteiger charge is 2.02. The molecule has 0 spiro atoms. The first-order valence-corrected chi connectivity index (χ1v) is 6.75. The maximum atomic E-state index is 5.95. The van der Waals surface area contributed by atoms with Gasteiger partial charge in [0.1, 0.15) is 0 Å². The molecule has 0 aliphatic carbocycles. The van der Waals surface area contributed by atoms with Crippen molar-refractivity contribution in [2.24, 2.45) is 0 Å². The van der Waals surface area contributed by atoms with E-state index in [1.54, 1.807) is 11.8 Å². The highest BCUT2D eigenvalue weighted by molar-refractivity contribution is 7.98. The molecule has 0 aliphatic rings. The lowest BCUT2D eigenvalue weighted by Gasteiger charge is -2.08. The van der Waals surface area contributed by atoms with Gasteiger partial charge in [0.2, 0.25) is 0 Å². The Morgan fingerprint density at radius 1 is 1.18 bits per heavy atom. The molecule has 0 fully saturated rings. The van der Waals surface area contributed by atoms with Crippen LogP contribution in [0.25, 0.3) is 0 Å². The minimum Gasteiger partial charge on any atom is -0.398 e. The molecule has 17 heavy (non-hydrogen) atoms. The molecule has 0 saturated carbocycles. The van der Waals surface area contributed by atoms with E-state index < -0.39 is 0 Å². The molecule has 0 heterocycles. The number of nitrogens with two attached hydrogens (primary N) is 1. The van der Waals surface area contributed by atoms with Crippen molar-refractivity contribution in [3.63, 3.8) is 0 Å². The lowest BCUT2D eigenvalue weighted by molar-refractivity contribution is 1.29. The zero-order valence-electron chi connectivity index (χ0n) is 9.61. The van der Waals surface area contributed by atoms with E-state index >= 15 is 0 Å². The van der Waals surface area contributed by atoms with Crippen LogP contribution in [0.3, 0.4) is 0 Å². The third-order valence-corrected chi connectivity index (χ3v) is 4.08. The number of hydrogen-bond donors (Lipinski definition) is 1. The molecule has 0 saturated heterocycles. The monoisotopic (exact) mass is 263 g/mol. The molecule has 2 N–H and O–H groups in total. The van der Waals surface area contributed by atoms with E-state index in [4.69, 9.17) is 17.3 Å². The Balaban J connectivity index is 2.10. The SMILES string of the molecule is Cc1c(N)cccc1SCc1cccc(Cl)c1. The molecule has 0 aliphatic heterocycles. The summed E-state index contributed by atoms with van der Waals surface area (Å²) in [4.78, 5) is 1.23. The van der Waals surface area contributed by atoms with Crippen molar-refractivity contribution in [3.05, 3.63) is 58.6 Å². The van der Waals surface area contributed by atoms with Gasteiger partial charge in [-0.05, 0) is 42.3 Å². The van der Waals surface area contributed by atoms with Gasteiger partial charge in [-0.15, -0.1) is 11.8 Å². The summed E-state index contributed by atoms with van der Waals surface area (Å²) in [6, 6.07) is 14.0. The summed E-state index contributed by atoms with van der Waals surface area (Å²) in [5.74, 6) is 0.908. The molecule has 2 aromatic carbocycles. The quantitative estimate of drug-likeness (QED) is 0.651. The average molecular weight is 264 g/mol. The van der Waals surface area contributed by atoms with E-state index in [0.29, 0.717) is 0 Å². The second-order valence-electron chi connectivity index (χ2n) is 3.89. The van der Waals surface area contributed by atoms with E-state index in [9.17, 15) is 0 Å². The van der Waals surface area contributed by atoms with Crippen LogP contribution in [0.2, 0.25) is 5.02 Å². The van der Waals surface area contributed by atoms with Crippen molar-refractivity contribution < 1.29 is 0 Å². The first-order chi connectivity index (χ1) is 8.16. The molecular formula is C14H14ClNS.